The maximum absolute atomic E-state index is 13.3. The van der Waals surface area contributed by atoms with E-state index in [9.17, 15) is 20.0 Å². The van der Waals surface area contributed by atoms with Crippen molar-refractivity contribution >= 4 is 5.91 Å². The monoisotopic (exact) mass is 531 g/mol. The number of aromatic nitrogens is 1. The van der Waals surface area contributed by atoms with Crippen molar-refractivity contribution in [3.8, 4) is 28.3 Å². The zero-order valence-electron chi connectivity index (χ0n) is 22.7. The molecule has 0 aliphatic carbocycles. The fourth-order valence-corrected chi connectivity index (χ4v) is 5.52. The second-order valence-corrected chi connectivity index (χ2v) is 10.7. The zero-order valence-corrected chi connectivity index (χ0v) is 22.7. The molecular weight excluding hydrogens is 498 g/mol. The van der Waals surface area contributed by atoms with E-state index in [2.05, 4.69) is 13.0 Å². The summed E-state index contributed by atoms with van der Waals surface area (Å²) in [6.45, 7) is 3.06. The Bertz CT molecular complexity index is 1580. The molecule has 0 bridgehead atoms. The number of hydrogen-bond donors (Lipinski definition) is 1. The molecule has 40 heavy (non-hydrogen) atoms. The van der Waals surface area contributed by atoms with E-state index in [1.165, 1.54) is 0 Å². The highest BCUT2D eigenvalue weighted by molar-refractivity contribution is 5.85. The van der Waals surface area contributed by atoms with Gasteiger partial charge in [0.2, 0.25) is 5.91 Å². The number of nitriles is 1. The fourth-order valence-electron chi connectivity index (χ4n) is 5.52. The summed E-state index contributed by atoms with van der Waals surface area (Å²) in [4.78, 5) is 28.1. The van der Waals surface area contributed by atoms with Crippen LogP contribution in [-0.2, 0) is 11.3 Å². The highest BCUT2D eigenvalue weighted by atomic mass is 16.3. The summed E-state index contributed by atoms with van der Waals surface area (Å²) >= 11 is 0. The minimum absolute atomic E-state index is 0.0816. The highest BCUT2D eigenvalue weighted by Crippen LogP contribution is 2.34. The third kappa shape index (κ3) is 5.90. The molecule has 0 radical (unpaired) electrons. The molecule has 6 nitrogen and oxygen atoms in total. The van der Waals surface area contributed by atoms with E-state index in [4.69, 9.17) is 0 Å². The van der Waals surface area contributed by atoms with E-state index < -0.39 is 5.60 Å². The van der Waals surface area contributed by atoms with E-state index in [0.29, 0.717) is 37.9 Å². The Kier molecular flexibility index (Phi) is 7.95. The van der Waals surface area contributed by atoms with Gasteiger partial charge in [-0.3, -0.25) is 9.59 Å². The molecule has 1 aliphatic rings. The lowest BCUT2D eigenvalue weighted by molar-refractivity contribution is -0.136. The van der Waals surface area contributed by atoms with Crippen LogP contribution in [0.15, 0.2) is 102 Å². The van der Waals surface area contributed by atoms with Crippen molar-refractivity contribution < 1.29 is 9.90 Å². The molecule has 1 N–H and O–H groups in total. The van der Waals surface area contributed by atoms with Gasteiger partial charge in [0.1, 0.15) is 0 Å². The third-order valence-electron chi connectivity index (χ3n) is 7.91. The summed E-state index contributed by atoms with van der Waals surface area (Å²) in [5.41, 5.74) is 3.42. The molecule has 1 atom stereocenters. The summed E-state index contributed by atoms with van der Waals surface area (Å²) in [6.07, 6.45) is 2.95. The van der Waals surface area contributed by atoms with Crippen LogP contribution in [0.3, 0.4) is 0 Å². The lowest BCUT2D eigenvalue weighted by Gasteiger charge is -2.39. The number of aliphatic hydroxyl groups is 1. The molecule has 0 unspecified atom stereocenters. The Morgan fingerprint density at radius 2 is 1.55 bits per heavy atom. The molecule has 1 aliphatic heterocycles. The van der Waals surface area contributed by atoms with E-state index in [0.717, 1.165) is 27.8 Å². The molecule has 1 saturated heterocycles. The van der Waals surface area contributed by atoms with Gasteiger partial charge < -0.3 is 14.6 Å². The standard InChI is InChI=1S/C34H33N3O3/c1-25(26-10-4-2-5-11-26)20-32(38)36-18-16-34(40,17-19-36)24-37-23-31(29-15-9-8-14-28(29)22-35)30(21-33(37)39)27-12-6-3-7-13-27/h2-15,21,23,25,40H,16-20,24H2,1H3/t25-/m1/s1. The number of amides is 1. The number of carbonyl (C=O) groups is 1. The molecular formula is C34H33N3O3. The SMILES string of the molecule is C[C@H](CC(=O)N1CCC(O)(Cn2cc(-c3ccccc3C#N)c(-c3ccccc3)cc2=O)CC1)c1ccccc1. The lowest BCUT2D eigenvalue weighted by Crippen LogP contribution is -2.49. The smallest absolute Gasteiger partial charge is 0.251 e. The highest BCUT2D eigenvalue weighted by Gasteiger charge is 2.35. The largest absolute Gasteiger partial charge is 0.388 e. The first-order valence-corrected chi connectivity index (χ1v) is 13.7. The number of piperidine rings is 1. The van der Waals surface area contributed by atoms with Gasteiger partial charge in [-0.2, -0.15) is 5.26 Å². The maximum atomic E-state index is 13.3. The van der Waals surface area contributed by atoms with Crippen LogP contribution in [0.25, 0.3) is 22.3 Å². The maximum Gasteiger partial charge on any atom is 0.251 e. The zero-order chi connectivity index (χ0) is 28.1. The van der Waals surface area contributed by atoms with E-state index in [1.807, 2.05) is 83.8 Å². The minimum Gasteiger partial charge on any atom is -0.388 e. The van der Waals surface area contributed by atoms with Gasteiger partial charge in [0, 0.05) is 42.9 Å². The molecule has 0 spiro atoms. The summed E-state index contributed by atoms with van der Waals surface area (Å²) in [5, 5.41) is 21.3. The quantitative estimate of drug-likeness (QED) is 0.336. The number of hydrogen-bond acceptors (Lipinski definition) is 4. The van der Waals surface area contributed by atoms with Gasteiger partial charge in [0.15, 0.2) is 0 Å². The lowest BCUT2D eigenvalue weighted by atomic mass is 9.89. The average molecular weight is 532 g/mol. The average Bonchev–Trinajstić information content (AvgIpc) is 2.99. The molecule has 6 heteroatoms. The number of carbonyl (C=O) groups excluding carboxylic acids is 1. The molecule has 1 amide bonds. The van der Waals surface area contributed by atoms with Crippen molar-refractivity contribution in [2.75, 3.05) is 13.1 Å². The Morgan fingerprint density at radius 1 is 0.925 bits per heavy atom. The van der Waals surface area contributed by atoms with Crippen LogP contribution in [0.4, 0.5) is 0 Å². The first kappa shape index (κ1) is 27.1. The van der Waals surface area contributed by atoms with Crippen LogP contribution in [0.5, 0.6) is 0 Å². The van der Waals surface area contributed by atoms with Crippen LogP contribution >= 0.6 is 0 Å². The second-order valence-electron chi connectivity index (χ2n) is 10.7. The summed E-state index contributed by atoms with van der Waals surface area (Å²) in [5.74, 6) is 0.198. The molecule has 4 aromatic rings. The van der Waals surface area contributed by atoms with Crippen molar-refractivity contribution in [2.24, 2.45) is 0 Å². The minimum atomic E-state index is -1.12. The Balaban J connectivity index is 1.36. The van der Waals surface area contributed by atoms with Crippen molar-refractivity contribution in [1.29, 1.82) is 5.26 Å². The number of rotatable bonds is 7. The molecule has 1 aromatic heterocycles. The summed E-state index contributed by atoms with van der Waals surface area (Å²) in [7, 11) is 0. The molecule has 2 heterocycles. The van der Waals surface area contributed by atoms with Crippen molar-refractivity contribution in [3.63, 3.8) is 0 Å². The molecule has 1 fully saturated rings. The Hall–Kier alpha value is -4.47. The second kappa shape index (κ2) is 11.7. The first-order valence-electron chi connectivity index (χ1n) is 13.7. The van der Waals surface area contributed by atoms with Gasteiger partial charge in [0.05, 0.1) is 23.8 Å². The summed E-state index contributed by atoms with van der Waals surface area (Å²) < 4.78 is 1.55. The van der Waals surface area contributed by atoms with Crippen LogP contribution in [0.2, 0.25) is 0 Å². The third-order valence-corrected chi connectivity index (χ3v) is 7.91. The predicted octanol–water partition coefficient (Wildman–Crippen LogP) is 5.60. The molecule has 0 saturated carbocycles. The van der Waals surface area contributed by atoms with E-state index >= 15 is 0 Å². The number of likely N-dealkylation sites (tertiary alicyclic amines) is 1. The van der Waals surface area contributed by atoms with Crippen LogP contribution in [-0.4, -0.2) is 39.2 Å². The van der Waals surface area contributed by atoms with E-state index in [1.54, 1.807) is 22.9 Å². The van der Waals surface area contributed by atoms with Gasteiger partial charge in [-0.1, -0.05) is 85.8 Å². The number of benzene rings is 3. The van der Waals surface area contributed by atoms with Gasteiger partial charge in [-0.05, 0) is 41.5 Å². The first-order chi connectivity index (χ1) is 19.4. The van der Waals surface area contributed by atoms with Gasteiger partial charge in [-0.25, -0.2) is 0 Å². The van der Waals surface area contributed by atoms with Crippen LogP contribution < -0.4 is 5.56 Å². The Morgan fingerprint density at radius 3 is 2.23 bits per heavy atom. The van der Waals surface area contributed by atoms with Crippen molar-refractivity contribution in [2.45, 2.75) is 44.2 Å². The van der Waals surface area contributed by atoms with Gasteiger partial charge >= 0.3 is 0 Å². The van der Waals surface area contributed by atoms with Gasteiger partial charge in [-0.15, -0.1) is 0 Å². The molecule has 202 valence electrons. The van der Waals surface area contributed by atoms with Crippen molar-refractivity contribution in [3.05, 3.63) is 119 Å². The number of pyridine rings is 1. The van der Waals surface area contributed by atoms with Crippen LogP contribution in [0.1, 0.15) is 43.2 Å². The normalized spacial score (nSPS) is 15.3. The molecule has 3 aromatic carbocycles. The predicted molar refractivity (Wildman–Crippen MR) is 157 cm³/mol. The van der Waals surface area contributed by atoms with Crippen molar-refractivity contribution in [1.82, 2.24) is 9.47 Å². The molecule has 5 rings (SSSR count). The topological polar surface area (TPSA) is 86.3 Å². The fraction of sp³-hybridized carbons (Fsp3) is 0.265. The van der Waals surface area contributed by atoms with Crippen LogP contribution in [0, 0.1) is 11.3 Å². The van der Waals surface area contributed by atoms with E-state index in [-0.39, 0.29) is 23.9 Å². The number of nitrogens with zero attached hydrogens (tertiary/aromatic N) is 3. The summed E-state index contributed by atoms with van der Waals surface area (Å²) in [6, 6.07) is 30.8. The van der Waals surface area contributed by atoms with Gasteiger partial charge in [0.25, 0.3) is 5.56 Å². The Labute approximate surface area is 234 Å².